The van der Waals surface area contributed by atoms with Crippen LogP contribution in [0.2, 0.25) is 0 Å². The third kappa shape index (κ3) is 2.46. The first-order chi connectivity index (χ1) is 10.8. The van der Waals surface area contributed by atoms with Gasteiger partial charge in [-0.25, -0.2) is 4.98 Å². The zero-order valence-corrected chi connectivity index (χ0v) is 12.7. The van der Waals surface area contributed by atoms with Gasteiger partial charge in [-0.1, -0.05) is 18.2 Å². The van der Waals surface area contributed by atoms with Gasteiger partial charge in [-0.2, -0.15) is 0 Å². The first-order valence-electron chi connectivity index (χ1n) is 7.22. The summed E-state index contributed by atoms with van der Waals surface area (Å²) in [4.78, 5) is 17.7. The molecular weight excluding hydrogens is 298 g/mol. The third-order valence-corrected chi connectivity index (χ3v) is 4.55. The van der Waals surface area contributed by atoms with E-state index in [9.17, 15) is 4.79 Å². The van der Waals surface area contributed by atoms with E-state index in [-0.39, 0.29) is 11.9 Å². The van der Waals surface area contributed by atoms with Crippen LogP contribution in [0.1, 0.15) is 23.7 Å². The highest BCUT2D eigenvalue weighted by Gasteiger charge is 2.22. The zero-order chi connectivity index (χ0) is 14.9. The molecule has 0 saturated carbocycles. The zero-order valence-electron chi connectivity index (χ0n) is 11.9. The predicted molar refractivity (Wildman–Crippen MR) is 84.2 cm³/mol. The molecule has 6 heteroatoms. The molecule has 4 rings (SSSR count). The van der Waals surface area contributed by atoms with Gasteiger partial charge in [-0.05, 0) is 6.07 Å². The summed E-state index contributed by atoms with van der Waals surface area (Å²) in [5.41, 5.74) is 1.85. The average Bonchev–Trinajstić information content (AvgIpc) is 3.09. The molecule has 1 atom stereocenters. The predicted octanol–water partition coefficient (Wildman–Crippen LogP) is 2.58. The smallest absolute Gasteiger partial charge is 0.226 e. The van der Waals surface area contributed by atoms with Crippen molar-refractivity contribution < 1.29 is 9.53 Å². The van der Waals surface area contributed by atoms with E-state index in [0.29, 0.717) is 13.0 Å². The van der Waals surface area contributed by atoms with Gasteiger partial charge in [0.1, 0.15) is 5.75 Å². The Bertz CT molecular complexity index is 795. The summed E-state index contributed by atoms with van der Waals surface area (Å²) in [5.74, 6) is 0.856. The second kappa shape index (κ2) is 5.46. The molecule has 1 aromatic carbocycles. The highest BCUT2D eigenvalue weighted by Crippen LogP contribution is 2.31. The fraction of sp³-hybridized carbons (Fsp3) is 0.250. The van der Waals surface area contributed by atoms with Crippen molar-refractivity contribution in [1.29, 1.82) is 0 Å². The fourth-order valence-electron chi connectivity index (χ4n) is 2.76. The number of ether oxygens (including phenoxy) is 1. The molecule has 1 unspecified atom stereocenters. The number of thiazole rings is 1. The number of carbonyl (C=O) groups excluding carboxylic acids is 1. The molecule has 1 aliphatic rings. The maximum atomic E-state index is 12.3. The summed E-state index contributed by atoms with van der Waals surface area (Å²) in [7, 11) is 0. The number of imidazole rings is 1. The number of rotatable bonds is 3. The van der Waals surface area contributed by atoms with Crippen molar-refractivity contribution in [2.45, 2.75) is 18.9 Å². The van der Waals surface area contributed by atoms with Crippen molar-refractivity contribution in [2.24, 2.45) is 0 Å². The van der Waals surface area contributed by atoms with Crippen LogP contribution < -0.4 is 10.1 Å². The van der Waals surface area contributed by atoms with Crippen molar-refractivity contribution >= 4 is 22.2 Å². The second-order valence-corrected chi connectivity index (χ2v) is 6.17. The van der Waals surface area contributed by atoms with Crippen LogP contribution >= 0.6 is 11.3 Å². The monoisotopic (exact) mass is 313 g/mol. The normalized spacial score (nSPS) is 17.0. The summed E-state index contributed by atoms with van der Waals surface area (Å²) in [5, 5.41) is 5.07. The summed E-state index contributed by atoms with van der Waals surface area (Å²) < 4.78 is 7.56. The number of nitrogens with one attached hydrogen (secondary N) is 1. The number of hydrogen-bond acceptors (Lipinski definition) is 4. The van der Waals surface area contributed by atoms with Crippen molar-refractivity contribution in [3.8, 4) is 5.75 Å². The number of aromatic nitrogens is 2. The molecule has 0 aliphatic carbocycles. The molecule has 3 aromatic rings. The molecule has 2 aromatic heterocycles. The Labute approximate surface area is 131 Å². The molecule has 0 spiro atoms. The molecule has 1 aliphatic heterocycles. The van der Waals surface area contributed by atoms with E-state index in [1.165, 1.54) is 0 Å². The van der Waals surface area contributed by atoms with Crippen molar-refractivity contribution in [3.63, 3.8) is 0 Å². The number of amides is 1. The first kappa shape index (κ1) is 13.3. The van der Waals surface area contributed by atoms with Crippen LogP contribution in [0.3, 0.4) is 0 Å². The molecule has 5 nitrogen and oxygen atoms in total. The standard InChI is InChI=1S/C16H15N3O2S/c20-15(9-11-10-19-6-8-22-16(19)17-11)18-13-5-7-21-14-4-2-1-3-12(13)14/h1-4,6,8,10,13H,5,7,9H2,(H,18,20). The van der Waals surface area contributed by atoms with Crippen molar-refractivity contribution in [2.75, 3.05) is 6.61 Å². The molecular formula is C16H15N3O2S. The molecule has 0 bridgehead atoms. The number of para-hydroxylation sites is 1. The lowest BCUT2D eigenvalue weighted by molar-refractivity contribution is -0.121. The Morgan fingerprint density at radius 3 is 3.27 bits per heavy atom. The Morgan fingerprint density at radius 2 is 2.36 bits per heavy atom. The number of hydrogen-bond donors (Lipinski definition) is 1. The quantitative estimate of drug-likeness (QED) is 0.808. The lowest BCUT2D eigenvalue weighted by atomic mass is 10.0. The molecule has 0 fully saturated rings. The molecule has 0 saturated heterocycles. The van der Waals surface area contributed by atoms with Crippen LogP contribution in [-0.2, 0) is 11.2 Å². The van der Waals surface area contributed by atoms with Gasteiger partial charge < -0.3 is 10.1 Å². The van der Waals surface area contributed by atoms with Crippen LogP contribution in [0.4, 0.5) is 0 Å². The maximum Gasteiger partial charge on any atom is 0.226 e. The van der Waals surface area contributed by atoms with Crippen LogP contribution in [0.5, 0.6) is 5.75 Å². The molecule has 22 heavy (non-hydrogen) atoms. The maximum absolute atomic E-state index is 12.3. The van der Waals surface area contributed by atoms with Gasteiger partial charge in [-0.15, -0.1) is 11.3 Å². The van der Waals surface area contributed by atoms with E-state index in [4.69, 9.17) is 4.74 Å². The van der Waals surface area contributed by atoms with Gasteiger partial charge in [-0.3, -0.25) is 9.20 Å². The molecule has 1 amide bonds. The first-order valence-corrected chi connectivity index (χ1v) is 8.10. The van der Waals surface area contributed by atoms with Crippen molar-refractivity contribution in [3.05, 3.63) is 53.3 Å². The summed E-state index contributed by atoms with van der Waals surface area (Å²) in [6.45, 7) is 0.627. The summed E-state index contributed by atoms with van der Waals surface area (Å²) >= 11 is 1.57. The lowest BCUT2D eigenvalue weighted by Gasteiger charge is -2.26. The largest absolute Gasteiger partial charge is 0.493 e. The minimum Gasteiger partial charge on any atom is -0.493 e. The van der Waals surface area contributed by atoms with E-state index < -0.39 is 0 Å². The SMILES string of the molecule is O=C(Cc1cn2ccsc2n1)NC1CCOc2ccccc21. The van der Waals surface area contributed by atoms with E-state index in [0.717, 1.165) is 28.4 Å². The van der Waals surface area contributed by atoms with E-state index in [1.54, 1.807) is 11.3 Å². The molecule has 0 radical (unpaired) electrons. The topological polar surface area (TPSA) is 55.6 Å². The van der Waals surface area contributed by atoms with Crippen LogP contribution in [-0.4, -0.2) is 21.9 Å². The van der Waals surface area contributed by atoms with Gasteiger partial charge in [0.05, 0.1) is 24.8 Å². The average molecular weight is 313 g/mol. The minimum atomic E-state index is -0.00699. The number of carbonyl (C=O) groups is 1. The molecule has 3 heterocycles. The van der Waals surface area contributed by atoms with Gasteiger partial charge in [0.2, 0.25) is 5.91 Å². The summed E-state index contributed by atoms with van der Waals surface area (Å²) in [6, 6.07) is 7.88. The van der Waals surface area contributed by atoms with Crippen LogP contribution in [0.15, 0.2) is 42.0 Å². The number of nitrogens with zero attached hydrogens (tertiary/aromatic N) is 2. The Kier molecular flexibility index (Phi) is 3.31. The Morgan fingerprint density at radius 1 is 1.45 bits per heavy atom. The lowest BCUT2D eigenvalue weighted by Crippen LogP contribution is -2.33. The minimum absolute atomic E-state index is 0.00699. The van der Waals surface area contributed by atoms with Crippen molar-refractivity contribution in [1.82, 2.24) is 14.7 Å². The van der Waals surface area contributed by atoms with Gasteiger partial charge >= 0.3 is 0 Å². The van der Waals surface area contributed by atoms with E-state index in [1.807, 2.05) is 46.4 Å². The Balaban J connectivity index is 1.47. The van der Waals surface area contributed by atoms with E-state index in [2.05, 4.69) is 10.3 Å². The second-order valence-electron chi connectivity index (χ2n) is 5.30. The molecule has 112 valence electrons. The van der Waals surface area contributed by atoms with Crippen LogP contribution in [0, 0.1) is 0 Å². The number of benzene rings is 1. The highest BCUT2D eigenvalue weighted by molar-refractivity contribution is 7.15. The van der Waals surface area contributed by atoms with Gasteiger partial charge in [0, 0.05) is 29.8 Å². The van der Waals surface area contributed by atoms with Gasteiger partial charge in [0.25, 0.3) is 0 Å². The van der Waals surface area contributed by atoms with E-state index >= 15 is 0 Å². The highest BCUT2D eigenvalue weighted by atomic mass is 32.1. The Hall–Kier alpha value is -2.34. The number of fused-ring (bicyclic) bond motifs is 2. The molecule has 1 N–H and O–H groups in total. The fourth-order valence-corrected chi connectivity index (χ4v) is 3.48. The third-order valence-electron chi connectivity index (χ3n) is 3.78. The van der Waals surface area contributed by atoms with Gasteiger partial charge in [0.15, 0.2) is 4.96 Å². The summed E-state index contributed by atoms with van der Waals surface area (Å²) in [6.07, 6.45) is 4.95. The van der Waals surface area contributed by atoms with Crippen LogP contribution in [0.25, 0.3) is 4.96 Å².